The van der Waals surface area contributed by atoms with Gasteiger partial charge >= 0.3 is 0 Å². The Bertz CT molecular complexity index is 1330. The lowest BCUT2D eigenvalue weighted by atomic mass is 10.0. The molecule has 2 aliphatic rings. The molecule has 2 aromatic carbocycles. The highest BCUT2D eigenvalue weighted by Gasteiger charge is 2.48. The second-order valence-corrected chi connectivity index (χ2v) is 8.94. The molecule has 0 spiro atoms. The number of H-pyrrole nitrogens is 1. The number of aromatic nitrogens is 3. The van der Waals surface area contributed by atoms with E-state index in [1.807, 2.05) is 36.4 Å². The van der Waals surface area contributed by atoms with Crippen molar-refractivity contribution in [2.24, 2.45) is 5.73 Å². The number of hydrogen-bond donors (Lipinski definition) is 3. The molecule has 0 bridgehead atoms. The maximum atomic E-state index is 9.91. The summed E-state index contributed by atoms with van der Waals surface area (Å²) in [5, 5.41) is 10.4. The number of imidazole rings is 1. The van der Waals surface area contributed by atoms with Crippen molar-refractivity contribution in [3.63, 3.8) is 0 Å². The lowest BCUT2D eigenvalue weighted by molar-refractivity contribution is 0.00706. The number of rotatable bonds is 5. The van der Waals surface area contributed by atoms with E-state index in [1.165, 1.54) is 0 Å². The van der Waals surface area contributed by atoms with Gasteiger partial charge in [0.2, 0.25) is 0 Å². The summed E-state index contributed by atoms with van der Waals surface area (Å²) >= 11 is 6.57. The Morgan fingerprint density at radius 2 is 1.65 bits per heavy atom. The average Bonchev–Trinajstić information content (AvgIpc) is 3.55. The summed E-state index contributed by atoms with van der Waals surface area (Å²) in [5.74, 6) is 0. The predicted octanol–water partition coefficient (Wildman–Crippen LogP) is 3.31. The van der Waals surface area contributed by atoms with Crippen LogP contribution in [0.25, 0.3) is 33.5 Å². The molecule has 0 amide bonds. The number of aliphatic hydroxyl groups excluding tert-OH is 1. The molecule has 0 aliphatic carbocycles. The molecule has 2 aliphatic heterocycles. The third-order valence-corrected chi connectivity index (χ3v) is 6.62. The summed E-state index contributed by atoms with van der Waals surface area (Å²) < 4.78 is 17.2. The molecule has 174 valence electrons. The van der Waals surface area contributed by atoms with Gasteiger partial charge < -0.3 is 30.0 Å². The molecule has 34 heavy (non-hydrogen) atoms. The zero-order chi connectivity index (χ0) is 23.2. The number of nitrogens with two attached hydrogens (primary N) is 1. The normalized spacial score (nSPS) is 24.0. The second kappa shape index (κ2) is 8.65. The van der Waals surface area contributed by atoms with E-state index in [1.54, 1.807) is 6.07 Å². The molecule has 9 heteroatoms. The average molecular weight is 479 g/mol. The number of nitrogens with zero attached hydrogens (tertiary/aromatic N) is 2. The molecular weight excluding hydrogens is 456 g/mol. The summed E-state index contributed by atoms with van der Waals surface area (Å²) in [6.45, 7) is 1.09. The maximum Gasteiger partial charge on any atom is 0.296 e. The minimum atomic E-state index is -0.631. The van der Waals surface area contributed by atoms with Gasteiger partial charge in [0.1, 0.15) is 18.3 Å². The number of hydrogen-bond acceptors (Lipinski definition) is 7. The van der Waals surface area contributed by atoms with Gasteiger partial charge in [0, 0.05) is 12.1 Å². The van der Waals surface area contributed by atoms with Gasteiger partial charge in [-0.2, -0.15) is 4.98 Å². The van der Waals surface area contributed by atoms with Crippen LogP contribution >= 0.6 is 11.6 Å². The van der Waals surface area contributed by atoms with Crippen molar-refractivity contribution in [3.8, 4) is 28.4 Å². The molecule has 2 saturated heterocycles. The molecule has 1 unspecified atom stereocenters. The number of pyridine rings is 1. The van der Waals surface area contributed by atoms with Crippen LogP contribution in [0.1, 0.15) is 5.56 Å². The Balaban J connectivity index is 1.24. The van der Waals surface area contributed by atoms with Crippen LogP contribution in [0.4, 0.5) is 0 Å². The number of fused-ring (bicyclic) bond motifs is 2. The number of ether oxygens (including phenoxy) is 3. The molecule has 4 heterocycles. The first-order valence-corrected chi connectivity index (χ1v) is 11.5. The summed E-state index contributed by atoms with van der Waals surface area (Å²) in [6, 6.07) is 18.4. The number of nitrogens with one attached hydrogen (secondary N) is 1. The molecule has 0 radical (unpaired) electrons. The molecule has 8 nitrogen and oxygen atoms in total. The van der Waals surface area contributed by atoms with Gasteiger partial charge in [-0.05, 0) is 22.8 Å². The van der Waals surface area contributed by atoms with Crippen LogP contribution in [0.15, 0.2) is 54.6 Å². The summed E-state index contributed by atoms with van der Waals surface area (Å²) in [5.41, 5.74) is 11.7. The zero-order valence-electron chi connectivity index (χ0n) is 18.1. The van der Waals surface area contributed by atoms with Crippen molar-refractivity contribution in [1.29, 1.82) is 0 Å². The zero-order valence-corrected chi connectivity index (χ0v) is 18.9. The van der Waals surface area contributed by atoms with E-state index < -0.39 is 6.10 Å². The van der Waals surface area contributed by atoms with Gasteiger partial charge in [-0.3, -0.25) is 0 Å². The van der Waals surface area contributed by atoms with Crippen LogP contribution in [0.3, 0.4) is 0 Å². The van der Waals surface area contributed by atoms with Crippen molar-refractivity contribution in [1.82, 2.24) is 15.0 Å². The smallest absolute Gasteiger partial charge is 0.296 e. The standard InChI is InChI=1S/C25H23ClN4O4/c26-17-9-18-24(30-25(28-18)34-20-12-33-22-19(31)11-32-23(20)22)29-21(17)16-7-5-15(6-8-16)14-3-1-13(10-27)2-4-14/h1-9,19-20,22-23,31H,10-12,27H2,(H,28,29,30)/t19-,20-,22?,23-/m1/s1. The Kier molecular flexibility index (Phi) is 5.47. The molecule has 4 N–H and O–H groups in total. The minimum absolute atomic E-state index is 0.244. The van der Waals surface area contributed by atoms with Gasteiger partial charge in [0.25, 0.3) is 6.01 Å². The first-order chi connectivity index (χ1) is 16.6. The summed E-state index contributed by atoms with van der Waals surface area (Å²) in [4.78, 5) is 12.3. The van der Waals surface area contributed by atoms with Gasteiger partial charge in [0.15, 0.2) is 11.8 Å². The van der Waals surface area contributed by atoms with Crippen LogP contribution in [0.2, 0.25) is 5.02 Å². The Hall–Kier alpha value is -3.01. The highest BCUT2D eigenvalue weighted by Crippen LogP contribution is 2.33. The molecule has 4 aromatic rings. The van der Waals surface area contributed by atoms with Crippen LogP contribution in [0.5, 0.6) is 6.01 Å². The van der Waals surface area contributed by atoms with E-state index in [-0.39, 0.29) is 24.9 Å². The number of benzene rings is 2. The second-order valence-electron chi connectivity index (χ2n) is 8.53. The quantitative estimate of drug-likeness (QED) is 0.403. The Morgan fingerprint density at radius 1 is 0.971 bits per heavy atom. The lowest BCUT2D eigenvalue weighted by Gasteiger charge is -2.15. The van der Waals surface area contributed by atoms with Gasteiger partial charge in [-0.25, -0.2) is 4.98 Å². The topological polar surface area (TPSA) is 116 Å². The summed E-state index contributed by atoms with van der Waals surface area (Å²) in [7, 11) is 0. The van der Waals surface area contributed by atoms with Crippen LogP contribution in [0, 0.1) is 0 Å². The van der Waals surface area contributed by atoms with E-state index in [0.717, 1.165) is 22.3 Å². The fourth-order valence-electron chi connectivity index (χ4n) is 4.50. The number of aliphatic hydroxyl groups is 1. The highest BCUT2D eigenvalue weighted by molar-refractivity contribution is 6.33. The van der Waals surface area contributed by atoms with Crippen molar-refractivity contribution in [2.45, 2.75) is 31.0 Å². The Labute approximate surface area is 200 Å². The van der Waals surface area contributed by atoms with E-state index in [2.05, 4.69) is 27.1 Å². The van der Waals surface area contributed by atoms with Crippen molar-refractivity contribution < 1.29 is 19.3 Å². The fourth-order valence-corrected chi connectivity index (χ4v) is 4.76. The van der Waals surface area contributed by atoms with Crippen LogP contribution in [-0.4, -0.2) is 57.7 Å². The molecular formula is C25H23ClN4O4. The third kappa shape index (κ3) is 3.83. The van der Waals surface area contributed by atoms with E-state index >= 15 is 0 Å². The fraction of sp³-hybridized carbons (Fsp3) is 0.280. The van der Waals surface area contributed by atoms with Crippen molar-refractivity contribution in [2.75, 3.05) is 13.2 Å². The maximum absolute atomic E-state index is 9.91. The van der Waals surface area contributed by atoms with Crippen LogP contribution in [-0.2, 0) is 16.0 Å². The van der Waals surface area contributed by atoms with Crippen molar-refractivity contribution >= 4 is 22.8 Å². The van der Waals surface area contributed by atoms with Crippen molar-refractivity contribution in [3.05, 3.63) is 65.2 Å². The van der Waals surface area contributed by atoms with Gasteiger partial charge in [-0.15, -0.1) is 0 Å². The third-order valence-electron chi connectivity index (χ3n) is 6.33. The summed E-state index contributed by atoms with van der Waals surface area (Å²) in [6.07, 6.45) is -1.67. The van der Waals surface area contributed by atoms with E-state index in [0.29, 0.717) is 41.0 Å². The number of halogens is 1. The van der Waals surface area contributed by atoms with Gasteiger partial charge in [-0.1, -0.05) is 60.1 Å². The lowest BCUT2D eigenvalue weighted by Crippen LogP contribution is -2.34. The molecule has 6 rings (SSSR count). The monoisotopic (exact) mass is 478 g/mol. The van der Waals surface area contributed by atoms with Gasteiger partial charge in [0.05, 0.1) is 29.4 Å². The molecule has 2 aromatic heterocycles. The first-order valence-electron chi connectivity index (χ1n) is 11.1. The van der Waals surface area contributed by atoms with Crippen LogP contribution < -0.4 is 10.5 Å². The molecule has 4 atom stereocenters. The predicted molar refractivity (Wildman–Crippen MR) is 128 cm³/mol. The molecule has 0 saturated carbocycles. The Morgan fingerprint density at radius 3 is 2.38 bits per heavy atom. The SMILES string of the molecule is NCc1ccc(-c2ccc(-c3nc4nc(O[C@@H]5COC6[C@H](O)CO[C@@H]65)[nH]c4cc3Cl)cc2)cc1. The first kappa shape index (κ1) is 21.5. The molecule has 2 fully saturated rings. The van der Waals surface area contributed by atoms with E-state index in [9.17, 15) is 5.11 Å². The minimum Gasteiger partial charge on any atom is -0.456 e. The highest BCUT2D eigenvalue weighted by atomic mass is 35.5. The largest absolute Gasteiger partial charge is 0.456 e. The van der Waals surface area contributed by atoms with E-state index in [4.69, 9.17) is 31.5 Å². The number of aromatic amines is 1.